The van der Waals surface area contributed by atoms with Crippen molar-refractivity contribution in [1.82, 2.24) is 15.2 Å². The van der Waals surface area contributed by atoms with Crippen LogP contribution in [0.3, 0.4) is 0 Å². The number of carbonyl (C=O) groups is 1. The summed E-state index contributed by atoms with van der Waals surface area (Å²) >= 11 is 1.59. The number of carbonyl (C=O) groups excluding carboxylic acids is 1. The van der Waals surface area contributed by atoms with Crippen molar-refractivity contribution in [3.05, 3.63) is 46.0 Å². The predicted octanol–water partition coefficient (Wildman–Crippen LogP) is 2.81. The summed E-state index contributed by atoms with van der Waals surface area (Å²) in [6.45, 7) is 3.01. The number of fused-ring (bicyclic) bond motifs is 1. The molecular weight excluding hydrogens is 320 g/mol. The molecule has 2 N–H and O–H groups in total. The molecule has 1 aromatic carbocycles. The Morgan fingerprint density at radius 3 is 3.21 bits per heavy atom. The first kappa shape index (κ1) is 15.7. The molecule has 1 unspecified atom stereocenters. The molecule has 0 saturated carbocycles. The van der Waals surface area contributed by atoms with E-state index in [2.05, 4.69) is 33.6 Å². The third kappa shape index (κ3) is 3.22. The molecule has 2 aromatic rings. The second kappa shape index (κ2) is 6.63. The van der Waals surface area contributed by atoms with E-state index in [1.54, 1.807) is 11.3 Å². The highest BCUT2D eigenvalue weighted by Gasteiger charge is 2.20. The minimum atomic E-state index is -0.0747. The van der Waals surface area contributed by atoms with Gasteiger partial charge >= 0.3 is 0 Å². The molecule has 24 heavy (non-hydrogen) atoms. The largest absolute Gasteiger partial charge is 0.310 e. The van der Waals surface area contributed by atoms with Gasteiger partial charge in [0.2, 0.25) is 0 Å². The summed E-state index contributed by atoms with van der Waals surface area (Å²) in [6.07, 6.45) is 3.29. The van der Waals surface area contributed by atoms with Gasteiger partial charge in [-0.2, -0.15) is 0 Å². The van der Waals surface area contributed by atoms with Crippen LogP contribution in [0.1, 0.15) is 45.4 Å². The number of benzene rings is 1. The molecule has 2 aliphatic heterocycles. The third-order valence-corrected chi connectivity index (χ3v) is 5.75. The first-order valence-corrected chi connectivity index (χ1v) is 9.32. The molecule has 1 saturated heterocycles. The highest BCUT2D eigenvalue weighted by Crippen LogP contribution is 2.28. The summed E-state index contributed by atoms with van der Waals surface area (Å²) in [6, 6.07) is 8.30. The van der Waals surface area contributed by atoms with Gasteiger partial charge in [0.1, 0.15) is 0 Å². The highest BCUT2D eigenvalue weighted by atomic mass is 32.1. The highest BCUT2D eigenvalue weighted by molar-refractivity contribution is 7.15. The van der Waals surface area contributed by atoms with Crippen LogP contribution >= 0.6 is 11.3 Å². The van der Waals surface area contributed by atoms with E-state index in [9.17, 15) is 4.79 Å². The van der Waals surface area contributed by atoms with Crippen molar-refractivity contribution in [2.45, 2.75) is 31.8 Å². The first-order valence-electron chi connectivity index (χ1n) is 8.51. The normalized spacial score (nSPS) is 20.8. The maximum atomic E-state index is 12.6. The van der Waals surface area contributed by atoms with E-state index >= 15 is 0 Å². The Morgan fingerprint density at radius 1 is 1.46 bits per heavy atom. The summed E-state index contributed by atoms with van der Waals surface area (Å²) in [5.74, 6) is -0.0747. The second-order valence-electron chi connectivity index (χ2n) is 6.61. The zero-order chi connectivity index (χ0) is 16.5. The average molecular weight is 342 g/mol. The molecule has 2 aliphatic rings. The van der Waals surface area contributed by atoms with Crippen molar-refractivity contribution in [1.29, 1.82) is 0 Å². The van der Waals surface area contributed by atoms with Gasteiger partial charge in [-0.1, -0.05) is 12.1 Å². The number of rotatable bonds is 3. The number of anilines is 1. The minimum Gasteiger partial charge on any atom is -0.310 e. The summed E-state index contributed by atoms with van der Waals surface area (Å²) in [4.78, 5) is 20.7. The molecule has 0 aliphatic carbocycles. The molecule has 1 aromatic heterocycles. The fourth-order valence-electron chi connectivity index (χ4n) is 3.41. The molecular formula is C18H22N4OS. The topological polar surface area (TPSA) is 57.3 Å². The van der Waals surface area contributed by atoms with Crippen LogP contribution in [0.15, 0.2) is 24.3 Å². The number of nitrogens with zero attached hydrogens (tertiary/aromatic N) is 2. The van der Waals surface area contributed by atoms with Gasteiger partial charge in [-0.3, -0.25) is 10.1 Å². The molecule has 6 heteroatoms. The fraction of sp³-hybridized carbons (Fsp3) is 0.444. The summed E-state index contributed by atoms with van der Waals surface area (Å²) < 4.78 is 0. The van der Waals surface area contributed by atoms with Gasteiger partial charge in [-0.05, 0) is 44.1 Å². The number of amides is 1. The average Bonchev–Trinajstić information content (AvgIpc) is 3.23. The van der Waals surface area contributed by atoms with Gasteiger partial charge in [0.25, 0.3) is 5.91 Å². The van der Waals surface area contributed by atoms with Crippen molar-refractivity contribution in [3.63, 3.8) is 0 Å². The maximum Gasteiger partial charge on any atom is 0.257 e. The Hall–Kier alpha value is -1.76. The molecule has 5 nitrogen and oxygen atoms in total. The lowest BCUT2D eigenvalue weighted by molar-refractivity contribution is 0.102. The number of aromatic nitrogens is 1. The lowest BCUT2D eigenvalue weighted by atomic mass is 10.0. The number of nitrogens with one attached hydrogen (secondary N) is 2. The summed E-state index contributed by atoms with van der Waals surface area (Å²) in [5.41, 5.74) is 3.03. The van der Waals surface area contributed by atoms with Crippen LogP contribution in [0, 0.1) is 0 Å². The maximum absolute atomic E-state index is 12.6. The molecule has 1 amide bonds. The van der Waals surface area contributed by atoms with E-state index in [0.717, 1.165) is 38.2 Å². The first-order chi connectivity index (χ1) is 11.7. The Balaban J connectivity index is 1.49. The Bertz CT molecular complexity index is 751. The van der Waals surface area contributed by atoms with Gasteiger partial charge in [0, 0.05) is 36.0 Å². The number of hydrogen-bond acceptors (Lipinski definition) is 5. The standard InChI is InChI=1S/C18H22N4OS/c1-22-9-7-15-16(11-22)24-18(20-15)21-17(23)13-5-2-4-12(10-13)14-6-3-8-19-14/h2,4-5,10,14,19H,3,6-9,11H2,1H3,(H,20,21,23). The van der Waals surface area contributed by atoms with E-state index in [1.165, 1.54) is 16.9 Å². The fourth-order valence-corrected chi connectivity index (χ4v) is 4.50. The molecule has 3 heterocycles. The van der Waals surface area contributed by atoms with Crippen molar-refractivity contribution in [2.75, 3.05) is 25.5 Å². The van der Waals surface area contributed by atoms with Gasteiger partial charge in [-0.25, -0.2) is 4.98 Å². The smallest absolute Gasteiger partial charge is 0.257 e. The van der Waals surface area contributed by atoms with Crippen molar-refractivity contribution >= 4 is 22.4 Å². The van der Waals surface area contributed by atoms with Gasteiger partial charge < -0.3 is 10.2 Å². The molecule has 4 rings (SSSR count). The van der Waals surface area contributed by atoms with Gasteiger partial charge in [0.15, 0.2) is 5.13 Å². The number of hydrogen-bond donors (Lipinski definition) is 2. The molecule has 0 radical (unpaired) electrons. The quantitative estimate of drug-likeness (QED) is 0.901. The molecule has 1 atom stereocenters. The minimum absolute atomic E-state index is 0.0747. The number of thiazole rings is 1. The van der Waals surface area contributed by atoms with Crippen molar-refractivity contribution in [2.24, 2.45) is 0 Å². The lowest BCUT2D eigenvalue weighted by Gasteiger charge is -2.20. The predicted molar refractivity (Wildman–Crippen MR) is 96.5 cm³/mol. The monoisotopic (exact) mass is 342 g/mol. The Morgan fingerprint density at radius 2 is 2.38 bits per heavy atom. The Labute approximate surface area is 146 Å². The van der Waals surface area contributed by atoms with Crippen LogP contribution in [0.5, 0.6) is 0 Å². The van der Waals surface area contributed by atoms with Gasteiger partial charge in [-0.15, -0.1) is 11.3 Å². The molecule has 126 valence electrons. The summed E-state index contributed by atoms with van der Waals surface area (Å²) in [5, 5.41) is 7.17. The van der Waals surface area contributed by atoms with Crippen LogP contribution in [0.4, 0.5) is 5.13 Å². The SMILES string of the molecule is CN1CCc2nc(NC(=O)c3cccc(C4CCCN4)c3)sc2C1. The van der Waals surface area contributed by atoms with Gasteiger partial charge in [0.05, 0.1) is 5.69 Å². The van der Waals surface area contributed by atoms with E-state index in [-0.39, 0.29) is 5.91 Å². The molecule has 1 fully saturated rings. The van der Waals surface area contributed by atoms with E-state index in [4.69, 9.17) is 0 Å². The van der Waals surface area contributed by atoms with Crippen molar-refractivity contribution < 1.29 is 4.79 Å². The number of likely N-dealkylation sites (N-methyl/N-ethyl adjacent to an activating group) is 1. The summed E-state index contributed by atoms with van der Waals surface area (Å²) in [7, 11) is 2.11. The zero-order valence-corrected chi connectivity index (χ0v) is 14.7. The molecule has 0 bridgehead atoms. The zero-order valence-electron chi connectivity index (χ0n) is 13.8. The Kier molecular flexibility index (Phi) is 4.35. The van der Waals surface area contributed by atoms with Crippen LogP contribution in [0.2, 0.25) is 0 Å². The second-order valence-corrected chi connectivity index (χ2v) is 7.69. The van der Waals surface area contributed by atoms with E-state index in [0.29, 0.717) is 16.7 Å². The van der Waals surface area contributed by atoms with E-state index in [1.807, 2.05) is 18.2 Å². The van der Waals surface area contributed by atoms with E-state index < -0.39 is 0 Å². The van der Waals surface area contributed by atoms with Crippen LogP contribution < -0.4 is 10.6 Å². The van der Waals surface area contributed by atoms with Crippen molar-refractivity contribution in [3.8, 4) is 0 Å². The third-order valence-electron chi connectivity index (χ3n) is 4.75. The van der Waals surface area contributed by atoms with Crippen LogP contribution in [0.25, 0.3) is 0 Å². The molecule has 0 spiro atoms. The lowest BCUT2D eigenvalue weighted by Crippen LogP contribution is -2.25. The van der Waals surface area contributed by atoms with Crippen LogP contribution in [-0.2, 0) is 13.0 Å². The van der Waals surface area contributed by atoms with Crippen LogP contribution in [-0.4, -0.2) is 35.9 Å².